The minimum absolute atomic E-state index is 0.442. The predicted octanol–water partition coefficient (Wildman–Crippen LogP) is -1.64. The van der Waals surface area contributed by atoms with Gasteiger partial charge in [-0.15, -0.1) is 0 Å². The number of aromatic nitrogens is 2. The Kier molecular flexibility index (Phi) is 2.16. The monoisotopic (exact) mass is 199 g/mol. The lowest BCUT2D eigenvalue weighted by Gasteiger charge is -2.07. The summed E-state index contributed by atoms with van der Waals surface area (Å²) in [5, 5.41) is 8.70. The van der Waals surface area contributed by atoms with E-state index in [0.29, 0.717) is 0 Å². The first-order valence-electron chi connectivity index (χ1n) is 3.66. The number of aromatic carboxylic acids is 1. The van der Waals surface area contributed by atoms with Crippen LogP contribution in [0.2, 0.25) is 0 Å². The molecule has 0 atom stereocenters. The molecule has 0 radical (unpaired) electrons. The van der Waals surface area contributed by atoms with Crippen LogP contribution in [-0.2, 0) is 14.1 Å². The SMILES string of the molecule is Cn1c(C(=O)O)c(N)c(=O)n(C)c1=O. The minimum Gasteiger partial charge on any atom is -0.477 e. The van der Waals surface area contributed by atoms with Gasteiger partial charge < -0.3 is 10.8 Å². The van der Waals surface area contributed by atoms with Gasteiger partial charge in [-0.05, 0) is 0 Å². The Morgan fingerprint density at radius 1 is 1.29 bits per heavy atom. The molecule has 1 heterocycles. The third-order valence-corrected chi connectivity index (χ3v) is 1.90. The van der Waals surface area contributed by atoms with Crippen LogP contribution in [0.25, 0.3) is 0 Å². The standard InChI is InChI=1S/C7H9N3O4/c1-9-4(6(12)13)3(8)5(11)10(2)7(9)14/h8H2,1-2H3,(H,12,13). The maximum Gasteiger partial charge on any atom is 0.355 e. The normalized spacial score (nSPS) is 10.1. The summed E-state index contributed by atoms with van der Waals surface area (Å²) in [6, 6.07) is 0. The topological polar surface area (TPSA) is 107 Å². The Hall–Kier alpha value is -2.05. The summed E-state index contributed by atoms with van der Waals surface area (Å²) >= 11 is 0. The Bertz CT molecular complexity index is 474. The molecule has 1 aromatic heterocycles. The largest absolute Gasteiger partial charge is 0.477 e. The highest BCUT2D eigenvalue weighted by Crippen LogP contribution is 2.01. The van der Waals surface area contributed by atoms with Crippen LogP contribution < -0.4 is 17.0 Å². The molecule has 0 aliphatic carbocycles. The highest BCUT2D eigenvalue weighted by molar-refractivity contribution is 5.91. The molecule has 0 saturated heterocycles. The number of nitrogen functional groups attached to an aromatic ring is 1. The van der Waals surface area contributed by atoms with Crippen molar-refractivity contribution in [3.63, 3.8) is 0 Å². The Labute approximate surface area is 78.0 Å². The van der Waals surface area contributed by atoms with Gasteiger partial charge in [0.15, 0.2) is 5.69 Å². The molecule has 14 heavy (non-hydrogen) atoms. The van der Waals surface area contributed by atoms with Crippen LogP contribution in [0.3, 0.4) is 0 Å². The summed E-state index contributed by atoms with van der Waals surface area (Å²) in [7, 11) is 2.47. The fourth-order valence-electron chi connectivity index (χ4n) is 1.13. The van der Waals surface area contributed by atoms with E-state index < -0.39 is 28.6 Å². The van der Waals surface area contributed by atoms with Gasteiger partial charge in [0.2, 0.25) is 0 Å². The van der Waals surface area contributed by atoms with Gasteiger partial charge in [0, 0.05) is 14.1 Å². The van der Waals surface area contributed by atoms with Crippen molar-refractivity contribution in [2.24, 2.45) is 14.1 Å². The molecule has 7 heteroatoms. The van der Waals surface area contributed by atoms with Crippen molar-refractivity contribution in [2.75, 3.05) is 5.73 Å². The molecule has 7 nitrogen and oxygen atoms in total. The van der Waals surface area contributed by atoms with Gasteiger partial charge in [0.1, 0.15) is 5.69 Å². The molecule has 0 spiro atoms. The van der Waals surface area contributed by atoms with Crippen molar-refractivity contribution >= 4 is 11.7 Å². The predicted molar refractivity (Wildman–Crippen MR) is 48.3 cm³/mol. The van der Waals surface area contributed by atoms with Crippen LogP contribution >= 0.6 is 0 Å². The number of rotatable bonds is 1. The van der Waals surface area contributed by atoms with Crippen LogP contribution in [0.4, 0.5) is 5.69 Å². The van der Waals surface area contributed by atoms with Crippen LogP contribution in [0.5, 0.6) is 0 Å². The third-order valence-electron chi connectivity index (χ3n) is 1.90. The summed E-state index contributed by atoms with van der Waals surface area (Å²) in [6.07, 6.45) is 0. The van der Waals surface area contributed by atoms with Gasteiger partial charge in [-0.3, -0.25) is 13.9 Å². The van der Waals surface area contributed by atoms with Crippen molar-refractivity contribution in [1.29, 1.82) is 0 Å². The molecule has 0 bridgehead atoms. The van der Waals surface area contributed by atoms with Gasteiger partial charge in [0.25, 0.3) is 5.56 Å². The second kappa shape index (κ2) is 3.02. The van der Waals surface area contributed by atoms with Crippen LogP contribution in [0.1, 0.15) is 10.5 Å². The Balaban J connectivity index is 3.88. The smallest absolute Gasteiger partial charge is 0.355 e. The van der Waals surface area contributed by atoms with Crippen molar-refractivity contribution < 1.29 is 9.90 Å². The zero-order valence-corrected chi connectivity index (χ0v) is 7.64. The zero-order valence-electron chi connectivity index (χ0n) is 7.64. The maximum absolute atomic E-state index is 11.3. The number of carboxylic acids is 1. The quantitative estimate of drug-likeness (QED) is 0.564. The highest BCUT2D eigenvalue weighted by atomic mass is 16.4. The Morgan fingerprint density at radius 3 is 2.21 bits per heavy atom. The number of nitrogens with zero attached hydrogens (tertiary/aromatic N) is 2. The molecule has 0 aliphatic rings. The first-order chi connectivity index (χ1) is 6.37. The summed E-state index contributed by atoms with van der Waals surface area (Å²) in [5.41, 5.74) is 2.83. The van der Waals surface area contributed by atoms with Gasteiger partial charge in [-0.2, -0.15) is 0 Å². The lowest BCUT2D eigenvalue weighted by molar-refractivity contribution is 0.0685. The van der Waals surface area contributed by atoms with E-state index in [-0.39, 0.29) is 0 Å². The number of hydrogen-bond acceptors (Lipinski definition) is 4. The first kappa shape index (κ1) is 10.0. The van der Waals surface area contributed by atoms with E-state index in [2.05, 4.69) is 0 Å². The number of nitrogens with two attached hydrogens (primary N) is 1. The number of carbonyl (C=O) groups is 1. The molecule has 1 rings (SSSR count). The maximum atomic E-state index is 11.3. The molecule has 3 N–H and O–H groups in total. The lowest BCUT2D eigenvalue weighted by atomic mass is 10.3. The van der Waals surface area contributed by atoms with Gasteiger partial charge >= 0.3 is 11.7 Å². The summed E-state index contributed by atoms with van der Waals surface area (Å²) in [5.74, 6) is -1.40. The summed E-state index contributed by atoms with van der Waals surface area (Å²) in [6.45, 7) is 0. The molecule has 0 aromatic carbocycles. The highest BCUT2D eigenvalue weighted by Gasteiger charge is 2.17. The third kappa shape index (κ3) is 1.18. The van der Waals surface area contributed by atoms with Gasteiger partial charge in [-0.25, -0.2) is 9.59 Å². The average Bonchev–Trinajstić information content (AvgIpc) is 2.11. The molecule has 0 unspecified atom stereocenters. The fourth-order valence-corrected chi connectivity index (χ4v) is 1.13. The number of hydrogen-bond donors (Lipinski definition) is 2. The van der Waals surface area contributed by atoms with Gasteiger partial charge in [-0.1, -0.05) is 0 Å². The molecule has 0 aliphatic heterocycles. The van der Waals surface area contributed by atoms with Crippen LogP contribution in [0, 0.1) is 0 Å². The molecular weight excluding hydrogens is 190 g/mol. The van der Waals surface area contributed by atoms with E-state index in [9.17, 15) is 14.4 Å². The Morgan fingerprint density at radius 2 is 1.79 bits per heavy atom. The van der Waals surface area contributed by atoms with Crippen LogP contribution in [-0.4, -0.2) is 20.2 Å². The minimum atomic E-state index is -1.40. The van der Waals surface area contributed by atoms with E-state index >= 15 is 0 Å². The van der Waals surface area contributed by atoms with Crippen molar-refractivity contribution in [1.82, 2.24) is 9.13 Å². The van der Waals surface area contributed by atoms with Crippen molar-refractivity contribution in [3.05, 3.63) is 26.5 Å². The molecule has 1 aromatic rings. The van der Waals surface area contributed by atoms with E-state index in [1.807, 2.05) is 0 Å². The lowest BCUT2D eigenvalue weighted by Crippen LogP contribution is -2.41. The number of anilines is 1. The fraction of sp³-hybridized carbons (Fsp3) is 0.286. The summed E-state index contributed by atoms with van der Waals surface area (Å²) < 4.78 is 1.57. The summed E-state index contributed by atoms with van der Waals surface area (Å²) in [4.78, 5) is 33.2. The first-order valence-corrected chi connectivity index (χ1v) is 3.66. The van der Waals surface area contributed by atoms with Crippen LogP contribution in [0.15, 0.2) is 9.59 Å². The second-order valence-electron chi connectivity index (χ2n) is 2.77. The van der Waals surface area contributed by atoms with Crippen molar-refractivity contribution in [2.45, 2.75) is 0 Å². The molecule has 76 valence electrons. The van der Waals surface area contributed by atoms with E-state index in [1.54, 1.807) is 0 Å². The second-order valence-corrected chi connectivity index (χ2v) is 2.77. The zero-order chi connectivity index (χ0) is 11.0. The molecule has 0 saturated carbocycles. The number of carboxylic acid groups (broad SMARTS) is 1. The van der Waals surface area contributed by atoms with Crippen molar-refractivity contribution in [3.8, 4) is 0 Å². The van der Waals surface area contributed by atoms with E-state index in [0.717, 1.165) is 9.13 Å². The van der Waals surface area contributed by atoms with E-state index in [1.165, 1.54) is 14.1 Å². The molecular formula is C7H9N3O4. The van der Waals surface area contributed by atoms with Gasteiger partial charge in [0.05, 0.1) is 0 Å². The molecule has 0 amide bonds. The molecule has 0 fully saturated rings. The average molecular weight is 199 g/mol. The van der Waals surface area contributed by atoms with E-state index in [4.69, 9.17) is 10.8 Å².